The molecule has 0 aliphatic carbocycles. The van der Waals surface area contributed by atoms with Gasteiger partial charge in [-0.15, -0.1) is 0 Å². The molecule has 7 heteroatoms. The van der Waals surface area contributed by atoms with Gasteiger partial charge >= 0.3 is 0 Å². The molecule has 0 heterocycles. The summed E-state index contributed by atoms with van der Waals surface area (Å²) < 4.78 is 27.3. The van der Waals surface area contributed by atoms with Gasteiger partial charge in [-0.2, -0.15) is 0 Å². The number of primary amides is 1. The average Bonchev–Trinajstić information content (AvgIpc) is 2.21. The zero-order valence-corrected chi connectivity index (χ0v) is 10.5. The first-order valence-electron chi connectivity index (χ1n) is 5.15. The van der Waals surface area contributed by atoms with Crippen LogP contribution in [0.3, 0.4) is 0 Å². The van der Waals surface area contributed by atoms with Crippen molar-refractivity contribution in [2.75, 3.05) is 5.32 Å². The number of amides is 1. The van der Waals surface area contributed by atoms with Gasteiger partial charge in [-0.05, 0) is 19.1 Å². The summed E-state index contributed by atoms with van der Waals surface area (Å²) in [7, 11) is 0. The summed E-state index contributed by atoms with van der Waals surface area (Å²) in [6, 6.07) is 1.58. The van der Waals surface area contributed by atoms with Crippen LogP contribution in [0.2, 0.25) is 0 Å². The van der Waals surface area contributed by atoms with Crippen molar-refractivity contribution in [1.29, 1.82) is 0 Å². The predicted molar refractivity (Wildman–Crippen MR) is 69.1 cm³/mol. The lowest BCUT2D eigenvalue weighted by Crippen LogP contribution is -2.25. The van der Waals surface area contributed by atoms with Crippen molar-refractivity contribution in [3.05, 3.63) is 29.3 Å². The molecular weight excluding hydrogens is 260 g/mol. The first-order chi connectivity index (χ1) is 8.31. The zero-order chi connectivity index (χ0) is 13.9. The van der Waals surface area contributed by atoms with Crippen molar-refractivity contribution < 1.29 is 13.6 Å². The molecule has 0 radical (unpaired) electrons. The molecule has 1 amide bonds. The summed E-state index contributed by atoms with van der Waals surface area (Å²) in [4.78, 5) is 10.6. The lowest BCUT2D eigenvalue weighted by molar-refractivity contribution is -0.118. The fourth-order valence-electron chi connectivity index (χ4n) is 1.45. The van der Waals surface area contributed by atoms with Crippen LogP contribution in [0.1, 0.15) is 18.9 Å². The molecule has 0 aliphatic rings. The first kappa shape index (κ1) is 14.3. The van der Waals surface area contributed by atoms with E-state index >= 15 is 0 Å². The van der Waals surface area contributed by atoms with Gasteiger partial charge in [0.15, 0.2) is 0 Å². The minimum atomic E-state index is -0.825. The lowest BCUT2D eigenvalue weighted by atomic mass is 10.1. The number of anilines is 1. The molecule has 0 saturated carbocycles. The van der Waals surface area contributed by atoms with Crippen LogP contribution in [0.15, 0.2) is 12.1 Å². The van der Waals surface area contributed by atoms with Crippen molar-refractivity contribution in [3.63, 3.8) is 0 Å². The van der Waals surface area contributed by atoms with Crippen LogP contribution in [0.25, 0.3) is 0 Å². The monoisotopic (exact) mass is 273 g/mol. The molecule has 0 spiro atoms. The molecule has 4 nitrogen and oxygen atoms in total. The topological polar surface area (TPSA) is 81.1 Å². The highest BCUT2D eigenvalue weighted by atomic mass is 32.1. The Morgan fingerprint density at radius 2 is 1.89 bits per heavy atom. The second-order valence-corrected chi connectivity index (χ2v) is 4.33. The van der Waals surface area contributed by atoms with Gasteiger partial charge in [-0.3, -0.25) is 4.79 Å². The number of carbonyl (C=O) groups is 1. The van der Waals surface area contributed by atoms with Crippen LogP contribution in [0.4, 0.5) is 14.5 Å². The van der Waals surface area contributed by atoms with Gasteiger partial charge in [0, 0.05) is 18.0 Å². The molecule has 1 unspecified atom stereocenters. The van der Waals surface area contributed by atoms with Crippen LogP contribution >= 0.6 is 12.2 Å². The van der Waals surface area contributed by atoms with E-state index in [4.69, 9.17) is 11.5 Å². The Bertz CT molecular complexity index is 470. The second kappa shape index (κ2) is 5.72. The van der Waals surface area contributed by atoms with Crippen molar-refractivity contribution in [2.24, 2.45) is 11.5 Å². The Kier molecular flexibility index (Phi) is 4.55. The highest BCUT2D eigenvalue weighted by molar-refractivity contribution is 7.80. The van der Waals surface area contributed by atoms with Crippen molar-refractivity contribution in [3.8, 4) is 0 Å². The van der Waals surface area contributed by atoms with Crippen molar-refractivity contribution in [1.82, 2.24) is 0 Å². The molecule has 0 bridgehead atoms. The Morgan fingerprint density at radius 1 is 1.39 bits per heavy atom. The summed E-state index contributed by atoms with van der Waals surface area (Å²) in [5, 5.41) is 2.54. The van der Waals surface area contributed by atoms with Crippen LogP contribution in [-0.4, -0.2) is 16.9 Å². The molecule has 1 aromatic rings. The van der Waals surface area contributed by atoms with E-state index < -0.39 is 23.6 Å². The summed E-state index contributed by atoms with van der Waals surface area (Å²) in [6.45, 7) is 1.59. The summed E-state index contributed by atoms with van der Waals surface area (Å²) in [5.74, 6) is -2.21. The Labute approximate surface area is 108 Å². The number of nitrogens with two attached hydrogens (primary N) is 2. The number of hydrogen-bond donors (Lipinski definition) is 3. The molecule has 0 fully saturated rings. The summed E-state index contributed by atoms with van der Waals surface area (Å²) in [5.41, 5.74) is 10.0. The van der Waals surface area contributed by atoms with Crippen LogP contribution in [-0.2, 0) is 4.79 Å². The molecule has 18 heavy (non-hydrogen) atoms. The van der Waals surface area contributed by atoms with E-state index in [0.29, 0.717) is 0 Å². The fraction of sp³-hybridized carbons (Fsp3) is 0.273. The van der Waals surface area contributed by atoms with Gasteiger partial charge in [0.1, 0.15) is 22.3 Å². The number of thiocarbonyl (C=S) groups is 1. The van der Waals surface area contributed by atoms with Gasteiger partial charge in [-0.1, -0.05) is 12.2 Å². The standard InChI is InChI=1S/C11H13F2N3OS/c1-5(2-9(14)17)16-10-7(12)3-6(11(15)18)4-8(10)13/h3-5,16H,2H2,1H3,(H2,14,17)(H2,15,18). The molecule has 1 atom stereocenters. The van der Waals surface area contributed by atoms with E-state index in [9.17, 15) is 13.6 Å². The normalized spacial score (nSPS) is 11.9. The number of nitrogens with one attached hydrogen (secondary N) is 1. The van der Waals surface area contributed by atoms with Crippen molar-refractivity contribution in [2.45, 2.75) is 19.4 Å². The van der Waals surface area contributed by atoms with E-state index in [1.165, 1.54) is 0 Å². The Balaban J connectivity index is 2.96. The van der Waals surface area contributed by atoms with Gasteiger partial charge in [0.25, 0.3) is 0 Å². The first-order valence-corrected chi connectivity index (χ1v) is 5.55. The minimum Gasteiger partial charge on any atom is -0.389 e. The third kappa shape index (κ3) is 3.63. The molecular formula is C11H13F2N3OS. The van der Waals surface area contributed by atoms with Crippen LogP contribution in [0.5, 0.6) is 0 Å². The summed E-state index contributed by atoms with van der Waals surface area (Å²) in [6.07, 6.45) is -0.0318. The molecule has 0 saturated heterocycles. The van der Waals surface area contributed by atoms with E-state index in [1.54, 1.807) is 6.92 Å². The maximum absolute atomic E-state index is 13.6. The quantitative estimate of drug-likeness (QED) is 0.706. The number of benzene rings is 1. The largest absolute Gasteiger partial charge is 0.389 e. The number of halogens is 2. The molecule has 1 aromatic carbocycles. The lowest BCUT2D eigenvalue weighted by Gasteiger charge is -2.15. The second-order valence-electron chi connectivity index (χ2n) is 3.89. The SMILES string of the molecule is CC(CC(N)=O)Nc1c(F)cc(C(N)=S)cc1F. The van der Waals surface area contributed by atoms with Crippen LogP contribution in [0, 0.1) is 11.6 Å². The fourth-order valence-corrected chi connectivity index (χ4v) is 1.57. The molecule has 1 rings (SSSR count). The Morgan fingerprint density at radius 3 is 2.28 bits per heavy atom. The smallest absolute Gasteiger partial charge is 0.219 e. The summed E-state index contributed by atoms with van der Waals surface area (Å²) >= 11 is 4.63. The highest BCUT2D eigenvalue weighted by Crippen LogP contribution is 2.22. The third-order valence-corrected chi connectivity index (χ3v) is 2.46. The third-order valence-electron chi connectivity index (χ3n) is 2.22. The molecule has 98 valence electrons. The van der Waals surface area contributed by atoms with Gasteiger partial charge in [-0.25, -0.2) is 8.78 Å². The van der Waals surface area contributed by atoms with E-state index in [1.807, 2.05) is 0 Å². The van der Waals surface area contributed by atoms with Crippen molar-refractivity contribution >= 4 is 28.8 Å². The van der Waals surface area contributed by atoms with E-state index in [0.717, 1.165) is 12.1 Å². The molecule has 5 N–H and O–H groups in total. The zero-order valence-electron chi connectivity index (χ0n) is 9.67. The van der Waals surface area contributed by atoms with Gasteiger partial charge in [0.05, 0.1) is 0 Å². The Hall–Kier alpha value is -1.76. The molecule has 0 aromatic heterocycles. The maximum Gasteiger partial charge on any atom is 0.219 e. The highest BCUT2D eigenvalue weighted by Gasteiger charge is 2.15. The number of hydrogen-bond acceptors (Lipinski definition) is 3. The molecule has 0 aliphatic heterocycles. The average molecular weight is 273 g/mol. The van der Waals surface area contributed by atoms with E-state index in [2.05, 4.69) is 17.5 Å². The van der Waals surface area contributed by atoms with Gasteiger partial charge < -0.3 is 16.8 Å². The minimum absolute atomic E-state index is 0.0318. The van der Waals surface area contributed by atoms with Crippen LogP contribution < -0.4 is 16.8 Å². The van der Waals surface area contributed by atoms with Gasteiger partial charge in [0.2, 0.25) is 5.91 Å². The predicted octanol–water partition coefficient (Wildman–Crippen LogP) is 1.27. The number of rotatable bonds is 5. The van der Waals surface area contributed by atoms with E-state index in [-0.39, 0.29) is 22.7 Å². The number of carbonyl (C=O) groups excluding carboxylic acids is 1. The maximum atomic E-state index is 13.6.